The molecular weight excluding hydrogens is 579 g/mol. The summed E-state index contributed by atoms with van der Waals surface area (Å²) in [5, 5.41) is 8.66. The zero-order valence-corrected chi connectivity index (χ0v) is 23.6. The van der Waals surface area contributed by atoms with Gasteiger partial charge in [0.2, 0.25) is 0 Å². The fourth-order valence-electron chi connectivity index (χ4n) is 3.98. The average molecular weight is 598 g/mol. The molecule has 0 saturated heterocycles. The molecule has 0 radical (unpaired) electrons. The van der Waals surface area contributed by atoms with Crippen molar-refractivity contribution in [3.05, 3.63) is 104 Å². The summed E-state index contributed by atoms with van der Waals surface area (Å²) in [5.41, 5.74) is 4.38. The Morgan fingerprint density at radius 2 is 1.69 bits per heavy atom. The van der Waals surface area contributed by atoms with Gasteiger partial charge in [0.1, 0.15) is 10.7 Å². The zero-order valence-electron chi connectivity index (χ0n) is 20.5. The fourth-order valence-corrected chi connectivity index (χ4v) is 5.40. The Bertz CT molecular complexity index is 1680. The number of aromatic nitrogens is 1. The van der Waals surface area contributed by atoms with Gasteiger partial charge in [-0.1, -0.05) is 46.9 Å². The Morgan fingerprint density at radius 1 is 0.949 bits per heavy atom. The largest absolute Gasteiger partial charge is 0.350 e. The van der Waals surface area contributed by atoms with E-state index in [2.05, 4.69) is 15.6 Å². The highest BCUT2D eigenvalue weighted by atomic mass is 35.5. The number of thiazole rings is 1. The Labute approximate surface area is 243 Å². The Balaban J connectivity index is 1.28. The molecule has 0 bridgehead atoms. The molecule has 0 saturated carbocycles. The van der Waals surface area contributed by atoms with Crippen LogP contribution in [0.25, 0.3) is 11.3 Å². The lowest BCUT2D eigenvalue weighted by molar-refractivity contribution is -0.120. The topological polar surface area (TPSA) is 91.4 Å². The van der Waals surface area contributed by atoms with E-state index < -0.39 is 11.8 Å². The van der Waals surface area contributed by atoms with E-state index in [1.807, 2.05) is 19.9 Å². The van der Waals surface area contributed by atoms with E-state index in [1.54, 1.807) is 60.0 Å². The van der Waals surface area contributed by atoms with E-state index in [9.17, 15) is 14.4 Å². The highest BCUT2D eigenvalue weighted by Gasteiger charge is 2.39. The third-order valence-corrected chi connectivity index (χ3v) is 7.85. The molecular formula is C28H19Cl3N4O3S. The molecule has 4 aromatic rings. The number of carbonyl (C=O) groups excluding carboxylic acids is 3. The van der Waals surface area contributed by atoms with Crippen LogP contribution in [0.1, 0.15) is 21.5 Å². The first-order valence-corrected chi connectivity index (χ1v) is 13.6. The van der Waals surface area contributed by atoms with Crippen LogP contribution in [0.4, 0.5) is 16.5 Å². The maximum atomic E-state index is 13.1. The van der Waals surface area contributed by atoms with Crippen LogP contribution in [0.15, 0.2) is 76.8 Å². The molecule has 5 rings (SSSR count). The minimum atomic E-state index is -0.600. The van der Waals surface area contributed by atoms with Crippen LogP contribution in [0.2, 0.25) is 10.0 Å². The van der Waals surface area contributed by atoms with E-state index in [-0.39, 0.29) is 16.6 Å². The summed E-state index contributed by atoms with van der Waals surface area (Å²) in [7, 11) is 0. The predicted octanol–water partition coefficient (Wildman–Crippen LogP) is 7.42. The van der Waals surface area contributed by atoms with Gasteiger partial charge in [-0.05, 0) is 73.5 Å². The van der Waals surface area contributed by atoms with Crippen molar-refractivity contribution in [1.82, 2.24) is 4.98 Å². The van der Waals surface area contributed by atoms with Gasteiger partial charge in [0.25, 0.3) is 17.7 Å². The van der Waals surface area contributed by atoms with Gasteiger partial charge in [0.15, 0.2) is 5.13 Å². The molecule has 0 fully saturated rings. The van der Waals surface area contributed by atoms with Gasteiger partial charge in [0, 0.05) is 27.2 Å². The predicted molar refractivity (Wildman–Crippen MR) is 157 cm³/mol. The SMILES string of the molecule is Cc1cccc(N2C(=O)C(Cl)=C(Nc3ccc(C(=O)Nc4nc(-c5ccc(Cl)cc5Cl)cs4)cc3)C2=O)c1C. The van der Waals surface area contributed by atoms with E-state index in [0.29, 0.717) is 43.4 Å². The van der Waals surface area contributed by atoms with Crippen LogP contribution in [-0.2, 0) is 9.59 Å². The lowest BCUT2D eigenvalue weighted by atomic mass is 10.1. The number of aryl methyl sites for hydroxylation is 1. The molecule has 1 aromatic heterocycles. The van der Waals surface area contributed by atoms with Crippen LogP contribution in [0.3, 0.4) is 0 Å². The molecule has 2 N–H and O–H groups in total. The lowest BCUT2D eigenvalue weighted by Crippen LogP contribution is -2.33. The molecule has 1 aliphatic heterocycles. The standard InChI is InChI=1S/C28H19Cl3N4O3S/c1-14-4-3-5-22(15(14)2)35-26(37)23(31)24(27(35)38)32-18-9-6-16(7-10-18)25(36)34-28-33-21(13-39-28)19-11-8-17(29)12-20(19)30/h3-13,32H,1-2H3,(H,33,34,36). The summed E-state index contributed by atoms with van der Waals surface area (Å²) < 4.78 is 0. The Kier molecular flexibility index (Phi) is 7.46. The van der Waals surface area contributed by atoms with E-state index >= 15 is 0 Å². The van der Waals surface area contributed by atoms with Crippen molar-refractivity contribution in [3.63, 3.8) is 0 Å². The third-order valence-electron chi connectivity index (χ3n) is 6.19. The number of anilines is 3. The maximum absolute atomic E-state index is 13.1. The van der Waals surface area contributed by atoms with Crippen LogP contribution in [0, 0.1) is 13.8 Å². The van der Waals surface area contributed by atoms with Crippen LogP contribution in [0.5, 0.6) is 0 Å². The van der Waals surface area contributed by atoms with E-state index in [0.717, 1.165) is 16.0 Å². The Hall–Kier alpha value is -3.69. The lowest BCUT2D eigenvalue weighted by Gasteiger charge is -2.18. The molecule has 3 amide bonds. The van der Waals surface area contributed by atoms with Gasteiger partial charge in [0.05, 0.1) is 16.4 Å². The van der Waals surface area contributed by atoms with Gasteiger partial charge < -0.3 is 5.32 Å². The monoisotopic (exact) mass is 596 g/mol. The molecule has 0 unspecified atom stereocenters. The second-order valence-electron chi connectivity index (χ2n) is 8.67. The first-order chi connectivity index (χ1) is 18.6. The average Bonchev–Trinajstić information content (AvgIpc) is 3.44. The number of nitrogens with one attached hydrogen (secondary N) is 2. The van der Waals surface area contributed by atoms with Crippen LogP contribution in [-0.4, -0.2) is 22.7 Å². The van der Waals surface area contributed by atoms with Crippen molar-refractivity contribution in [2.24, 2.45) is 0 Å². The van der Waals surface area contributed by atoms with E-state index in [4.69, 9.17) is 34.8 Å². The first-order valence-electron chi connectivity index (χ1n) is 11.6. The highest BCUT2D eigenvalue weighted by molar-refractivity contribution is 7.14. The summed E-state index contributed by atoms with van der Waals surface area (Å²) in [6.45, 7) is 3.74. The number of nitrogens with zero attached hydrogens (tertiary/aromatic N) is 2. The van der Waals surface area contributed by atoms with Crippen molar-refractivity contribution in [3.8, 4) is 11.3 Å². The van der Waals surface area contributed by atoms with Crippen molar-refractivity contribution >= 4 is 80.4 Å². The summed E-state index contributed by atoms with van der Waals surface area (Å²) in [5.74, 6) is -1.52. The number of hydrogen-bond acceptors (Lipinski definition) is 6. The number of hydrogen-bond donors (Lipinski definition) is 2. The summed E-state index contributed by atoms with van der Waals surface area (Å²) in [4.78, 5) is 44.3. The minimum Gasteiger partial charge on any atom is -0.350 e. The van der Waals surface area contributed by atoms with Gasteiger partial charge in [-0.15, -0.1) is 11.3 Å². The number of imide groups is 1. The van der Waals surface area contributed by atoms with Gasteiger partial charge in [-0.2, -0.15) is 0 Å². The summed E-state index contributed by atoms with van der Waals surface area (Å²) in [6, 6.07) is 16.9. The van der Waals surface area contributed by atoms with Crippen molar-refractivity contribution < 1.29 is 14.4 Å². The molecule has 7 nitrogen and oxygen atoms in total. The van der Waals surface area contributed by atoms with Crippen molar-refractivity contribution in [2.45, 2.75) is 13.8 Å². The molecule has 1 aliphatic rings. The van der Waals surface area contributed by atoms with E-state index in [1.165, 1.54) is 11.3 Å². The van der Waals surface area contributed by atoms with Gasteiger partial charge >= 0.3 is 0 Å². The Morgan fingerprint density at radius 3 is 2.41 bits per heavy atom. The number of amides is 3. The molecule has 0 spiro atoms. The quantitative estimate of drug-likeness (QED) is 0.226. The van der Waals surface area contributed by atoms with Crippen molar-refractivity contribution in [2.75, 3.05) is 15.5 Å². The maximum Gasteiger partial charge on any atom is 0.283 e. The number of halogens is 3. The zero-order chi connectivity index (χ0) is 27.8. The molecule has 11 heteroatoms. The molecule has 0 aliphatic carbocycles. The summed E-state index contributed by atoms with van der Waals surface area (Å²) >= 11 is 19.8. The number of benzene rings is 3. The van der Waals surface area contributed by atoms with Crippen LogP contribution >= 0.6 is 46.1 Å². The number of carbonyl (C=O) groups is 3. The second kappa shape index (κ2) is 10.8. The third kappa shape index (κ3) is 5.29. The molecule has 196 valence electrons. The van der Waals surface area contributed by atoms with Gasteiger partial charge in [-0.3, -0.25) is 19.7 Å². The molecule has 3 aromatic carbocycles. The summed E-state index contributed by atoms with van der Waals surface area (Å²) in [6.07, 6.45) is 0. The normalized spacial score (nSPS) is 13.3. The van der Waals surface area contributed by atoms with Gasteiger partial charge in [-0.25, -0.2) is 9.88 Å². The second-order valence-corrected chi connectivity index (χ2v) is 10.8. The van der Waals surface area contributed by atoms with Crippen molar-refractivity contribution in [1.29, 1.82) is 0 Å². The first kappa shape index (κ1) is 26.9. The smallest absolute Gasteiger partial charge is 0.283 e. The highest BCUT2D eigenvalue weighted by Crippen LogP contribution is 2.34. The molecule has 39 heavy (non-hydrogen) atoms. The minimum absolute atomic E-state index is 0.0315. The van der Waals surface area contributed by atoms with Crippen LogP contribution < -0.4 is 15.5 Å². The molecule has 2 heterocycles. The molecule has 0 atom stereocenters. The number of rotatable bonds is 6. The fraction of sp³-hybridized carbons (Fsp3) is 0.0714.